The average Bonchev–Trinajstić information content (AvgIpc) is 2.37. The van der Waals surface area contributed by atoms with Crippen LogP contribution in [-0.2, 0) is 16.0 Å². The molecule has 19 heavy (non-hydrogen) atoms. The summed E-state index contributed by atoms with van der Waals surface area (Å²) < 4.78 is 10.4. The normalized spacial score (nSPS) is 13.5. The molecule has 4 heteroatoms. The zero-order chi connectivity index (χ0) is 14.3. The van der Waals surface area contributed by atoms with Gasteiger partial charge < -0.3 is 14.8 Å². The van der Waals surface area contributed by atoms with Crippen molar-refractivity contribution in [1.82, 2.24) is 5.32 Å². The lowest BCUT2D eigenvalue weighted by Crippen LogP contribution is -2.37. The van der Waals surface area contributed by atoms with E-state index in [4.69, 9.17) is 9.47 Å². The molecule has 0 aliphatic rings. The van der Waals surface area contributed by atoms with Gasteiger partial charge in [0.15, 0.2) is 0 Å². The van der Waals surface area contributed by atoms with Gasteiger partial charge in [-0.1, -0.05) is 49.1 Å². The number of methoxy groups -OCH3 is 2. The summed E-state index contributed by atoms with van der Waals surface area (Å²) in [5.41, 5.74) is 1.31. The SMILES string of the molecule is COCC(CNCc1ccc([Si](C)(C)C)cc1)OC. The summed E-state index contributed by atoms with van der Waals surface area (Å²) in [6.07, 6.45) is 0.117. The zero-order valence-corrected chi connectivity index (χ0v) is 13.8. The van der Waals surface area contributed by atoms with E-state index < -0.39 is 8.07 Å². The monoisotopic (exact) mass is 281 g/mol. The Hall–Kier alpha value is -0.683. The summed E-state index contributed by atoms with van der Waals surface area (Å²) in [5, 5.41) is 4.91. The van der Waals surface area contributed by atoms with Crippen LogP contribution in [0, 0.1) is 0 Å². The molecule has 3 nitrogen and oxygen atoms in total. The van der Waals surface area contributed by atoms with Gasteiger partial charge in [-0.3, -0.25) is 0 Å². The van der Waals surface area contributed by atoms with Crippen LogP contribution in [0.4, 0.5) is 0 Å². The maximum absolute atomic E-state index is 5.31. The lowest BCUT2D eigenvalue weighted by Gasteiger charge is -2.17. The first kappa shape index (κ1) is 16.4. The first-order valence-electron chi connectivity index (χ1n) is 6.79. The molecule has 1 N–H and O–H groups in total. The minimum Gasteiger partial charge on any atom is -0.382 e. The maximum atomic E-state index is 5.31. The average molecular weight is 281 g/mol. The van der Waals surface area contributed by atoms with Crippen LogP contribution in [0.25, 0.3) is 0 Å². The standard InChI is InChI=1S/C15H27NO2Si/c1-17-12-14(18-2)11-16-10-13-6-8-15(9-7-13)19(3,4)5/h6-9,14,16H,10-12H2,1-5H3. The number of ether oxygens (including phenoxy) is 2. The molecular weight excluding hydrogens is 254 g/mol. The molecule has 1 atom stereocenters. The van der Waals surface area contributed by atoms with Crippen LogP contribution >= 0.6 is 0 Å². The van der Waals surface area contributed by atoms with Crippen molar-refractivity contribution in [2.45, 2.75) is 32.3 Å². The van der Waals surface area contributed by atoms with Crippen LogP contribution in [0.15, 0.2) is 24.3 Å². The molecule has 0 radical (unpaired) electrons. The van der Waals surface area contributed by atoms with E-state index >= 15 is 0 Å². The van der Waals surface area contributed by atoms with Crippen LogP contribution in [0.5, 0.6) is 0 Å². The summed E-state index contributed by atoms with van der Waals surface area (Å²) in [7, 11) is 2.23. The van der Waals surface area contributed by atoms with Gasteiger partial charge in [0.25, 0.3) is 0 Å². The summed E-state index contributed by atoms with van der Waals surface area (Å²) in [4.78, 5) is 0. The molecule has 0 fully saturated rings. The first-order chi connectivity index (χ1) is 8.97. The van der Waals surface area contributed by atoms with Crippen molar-refractivity contribution in [2.75, 3.05) is 27.4 Å². The van der Waals surface area contributed by atoms with Gasteiger partial charge in [0.2, 0.25) is 0 Å². The van der Waals surface area contributed by atoms with Gasteiger partial charge in [-0.05, 0) is 5.56 Å². The summed E-state index contributed by atoms with van der Waals surface area (Å²) >= 11 is 0. The van der Waals surface area contributed by atoms with Crippen molar-refractivity contribution < 1.29 is 9.47 Å². The Kier molecular flexibility index (Phi) is 6.72. The maximum Gasteiger partial charge on any atom is 0.0928 e. The van der Waals surface area contributed by atoms with Gasteiger partial charge in [0.1, 0.15) is 0 Å². The topological polar surface area (TPSA) is 30.5 Å². The van der Waals surface area contributed by atoms with E-state index in [0.29, 0.717) is 6.61 Å². The van der Waals surface area contributed by atoms with Crippen LogP contribution < -0.4 is 10.5 Å². The molecule has 108 valence electrons. The molecule has 0 saturated carbocycles. The third kappa shape index (κ3) is 5.87. The highest BCUT2D eigenvalue weighted by atomic mass is 28.3. The van der Waals surface area contributed by atoms with E-state index in [9.17, 15) is 0 Å². The highest BCUT2D eigenvalue weighted by Crippen LogP contribution is 2.04. The van der Waals surface area contributed by atoms with Crippen molar-refractivity contribution in [3.63, 3.8) is 0 Å². The van der Waals surface area contributed by atoms with Crippen LogP contribution in [-0.4, -0.2) is 41.5 Å². The first-order valence-corrected chi connectivity index (χ1v) is 10.3. The Morgan fingerprint density at radius 2 is 1.74 bits per heavy atom. The van der Waals surface area contributed by atoms with E-state index in [1.165, 1.54) is 10.8 Å². The number of nitrogens with one attached hydrogen (secondary N) is 1. The molecule has 0 bridgehead atoms. The fraction of sp³-hybridized carbons (Fsp3) is 0.600. The Morgan fingerprint density at radius 1 is 1.11 bits per heavy atom. The molecule has 1 rings (SSSR count). The number of benzene rings is 1. The molecule has 1 unspecified atom stereocenters. The predicted octanol–water partition coefficient (Wildman–Crippen LogP) is 1.98. The molecule has 1 aromatic rings. The minimum atomic E-state index is -1.18. The largest absolute Gasteiger partial charge is 0.382 e. The Balaban J connectivity index is 2.42. The summed E-state index contributed by atoms with van der Waals surface area (Å²) in [6, 6.07) is 8.98. The van der Waals surface area contributed by atoms with E-state index in [0.717, 1.165) is 13.1 Å². The van der Waals surface area contributed by atoms with Crippen molar-refractivity contribution in [2.24, 2.45) is 0 Å². The number of rotatable bonds is 8. The predicted molar refractivity (Wildman–Crippen MR) is 83.8 cm³/mol. The van der Waals surface area contributed by atoms with E-state index in [1.807, 2.05) is 0 Å². The van der Waals surface area contributed by atoms with E-state index in [-0.39, 0.29) is 6.10 Å². The van der Waals surface area contributed by atoms with Crippen molar-refractivity contribution in [1.29, 1.82) is 0 Å². The van der Waals surface area contributed by atoms with Gasteiger partial charge in [-0.25, -0.2) is 0 Å². The van der Waals surface area contributed by atoms with Crippen LogP contribution in [0.3, 0.4) is 0 Å². The van der Waals surface area contributed by atoms with Gasteiger partial charge >= 0.3 is 0 Å². The van der Waals surface area contributed by atoms with Crippen molar-refractivity contribution in [3.8, 4) is 0 Å². The Labute approximate surface area is 118 Å². The van der Waals surface area contributed by atoms with Crippen LogP contribution in [0.2, 0.25) is 19.6 Å². The van der Waals surface area contributed by atoms with E-state index in [1.54, 1.807) is 14.2 Å². The highest BCUT2D eigenvalue weighted by Gasteiger charge is 2.15. The van der Waals surface area contributed by atoms with Gasteiger partial charge in [0, 0.05) is 27.3 Å². The third-order valence-electron chi connectivity index (χ3n) is 3.21. The molecule has 0 aliphatic carbocycles. The van der Waals surface area contributed by atoms with E-state index in [2.05, 4.69) is 49.2 Å². The minimum absolute atomic E-state index is 0.117. The smallest absolute Gasteiger partial charge is 0.0928 e. The lowest BCUT2D eigenvalue weighted by molar-refractivity contribution is 0.0288. The van der Waals surface area contributed by atoms with Crippen molar-refractivity contribution >= 4 is 13.3 Å². The Bertz CT molecular complexity index is 359. The molecule has 0 spiro atoms. The Morgan fingerprint density at radius 3 is 2.21 bits per heavy atom. The highest BCUT2D eigenvalue weighted by molar-refractivity contribution is 6.88. The fourth-order valence-corrected chi connectivity index (χ4v) is 3.06. The lowest BCUT2D eigenvalue weighted by atomic mass is 10.2. The van der Waals surface area contributed by atoms with Gasteiger partial charge in [0.05, 0.1) is 20.8 Å². The van der Waals surface area contributed by atoms with Crippen molar-refractivity contribution in [3.05, 3.63) is 29.8 Å². The number of hydrogen-bond donors (Lipinski definition) is 1. The summed E-state index contributed by atoms with van der Waals surface area (Å²) in [5.74, 6) is 0. The molecule has 0 heterocycles. The molecule has 0 aromatic heterocycles. The third-order valence-corrected chi connectivity index (χ3v) is 5.27. The number of hydrogen-bond acceptors (Lipinski definition) is 3. The second-order valence-electron chi connectivity index (χ2n) is 5.89. The molecule has 0 saturated heterocycles. The zero-order valence-electron chi connectivity index (χ0n) is 12.8. The second kappa shape index (κ2) is 7.80. The van der Waals surface area contributed by atoms with Crippen LogP contribution in [0.1, 0.15) is 5.56 Å². The molecule has 0 amide bonds. The quantitative estimate of drug-likeness (QED) is 0.739. The summed E-state index contributed by atoms with van der Waals surface area (Å²) in [6.45, 7) is 9.41. The second-order valence-corrected chi connectivity index (χ2v) is 11.0. The van der Waals surface area contributed by atoms with Gasteiger partial charge in [-0.15, -0.1) is 0 Å². The fourth-order valence-electron chi connectivity index (χ4n) is 1.90. The molecule has 1 aromatic carbocycles. The molecular formula is C15H27NO2Si. The molecule has 0 aliphatic heterocycles. The van der Waals surface area contributed by atoms with Gasteiger partial charge in [-0.2, -0.15) is 0 Å².